The Hall–Kier alpha value is -1.56. The molecule has 0 radical (unpaired) electrons. The number of carbonyl (C=O) groups is 2. The zero-order valence-corrected chi connectivity index (χ0v) is 13.1. The van der Waals surface area contributed by atoms with Gasteiger partial charge in [-0.05, 0) is 46.5 Å². The van der Waals surface area contributed by atoms with Crippen molar-refractivity contribution in [2.45, 2.75) is 20.3 Å². The van der Waals surface area contributed by atoms with Crippen LogP contribution in [0.2, 0.25) is 0 Å². The molecule has 0 heterocycles. The summed E-state index contributed by atoms with van der Waals surface area (Å²) in [6.07, 6.45) is 0.522. The monoisotopic (exact) mass is 342 g/mol. The molecule has 1 atom stereocenters. The lowest BCUT2D eigenvalue weighted by Gasteiger charge is -2.15. The van der Waals surface area contributed by atoms with Crippen LogP contribution in [0.3, 0.4) is 0 Å². The summed E-state index contributed by atoms with van der Waals surface area (Å²) in [4.78, 5) is 23.2. The first-order valence-electron chi connectivity index (χ1n) is 6.37. The Kier molecular flexibility index (Phi) is 6.01. The van der Waals surface area contributed by atoms with Crippen LogP contribution in [0.15, 0.2) is 22.7 Å². The number of rotatable bonds is 6. The second kappa shape index (κ2) is 7.28. The predicted molar refractivity (Wildman–Crippen MR) is 81.5 cm³/mol. The zero-order chi connectivity index (χ0) is 15.3. The third-order valence-electron chi connectivity index (χ3n) is 2.85. The van der Waals surface area contributed by atoms with Gasteiger partial charge in [0, 0.05) is 16.7 Å². The van der Waals surface area contributed by atoms with Gasteiger partial charge >= 0.3 is 5.97 Å². The standard InChI is InChI=1S/C14H19BrN2O3/c1-8(2)5-9(14(19)20)7-17-13(18)11-6-10(16)3-4-12(11)15/h3-4,6,8-9H,5,7,16H2,1-2H3,(H,17,18)(H,19,20). The molecule has 0 spiro atoms. The lowest BCUT2D eigenvalue weighted by atomic mass is 9.97. The maximum atomic E-state index is 12.0. The summed E-state index contributed by atoms with van der Waals surface area (Å²) in [5.41, 5.74) is 6.52. The van der Waals surface area contributed by atoms with E-state index in [4.69, 9.17) is 10.8 Å². The molecule has 4 N–H and O–H groups in total. The first kappa shape index (κ1) is 16.5. The molecule has 1 rings (SSSR count). The van der Waals surface area contributed by atoms with E-state index in [0.717, 1.165) is 0 Å². The van der Waals surface area contributed by atoms with Gasteiger partial charge in [-0.1, -0.05) is 13.8 Å². The molecule has 0 fully saturated rings. The van der Waals surface area contributed by atoms with Crippen LogP contribution in [-0.2, 0) is 4.79 Å². The highest BCUT2D eigenvalue weighted by Gasteiger charge is 2.20. The van der Waals surface area contributed by atoms with Crippen molar-refractivity contribution in [3.8, 4) is 0 Å². The number of nitrogen functional groups attached to an aromatic ring is 1. The molecule has 1 amide bonds. The fraction of sp³-hybridized carbons (Fsp3) is 0.429. The summed E-state index contributed by atoms with van der Waals surface area (Å²) < 4.78 is 0.625. The van der Waals surface area contributed by atoms with Gasteiger partial charge in [0.05, 0.1) is 11.5 Å². The molecule has 0 saturated heterocycles. The Labute approximate surface area is 126 Å². The number of nitrogens with two attached hydrogens (primary N) is 1. The van der Waals surface area contributed by atoms with Crippen LogP contribution in [0.25, 0.3) is 0 Å². The molecule has 110 valence electrons. The van der Waals surface area contributed by atoms with Crippen molar-refractivity contribution in [2.75, 3.05) is 12.3 Å². The molecule has 20 heavy (non-hydrogen) atoms. The lowest BCUT2D eigenvalue weighted by Crippen LogP contribution is -2.33. The summed E-state index contributed by atoms with van der Waals surface area (Å²) in [6, 6.07) is 4.92. The summed E-state index contributed by atoms with van der Waals surface area (Å²) in [5.74, 6) is -1.56. The molecular weight excluding hydrogens is 324 g/mol. The van der Waals surface area contributed by atoms with Crippen LogP contribution in [0.1, 0.15) is 30.6 Å². The van der Waals surface area contributed by atoms with Gasteiger partial charge in [0.2, 0.25) is 0 Å². The van der Waals surface area contributed by atoms with Crippen molar-refractivity contribution in [1.29, 1.82) is 0 Å². The van der Waals surface area contributed by atoms with E-state index in [9.17, 15) is 9.59 Å². The van der Waals surface area contributed by atoms with Crippen molar-refractivity contribution in [3.63, 3.8) is 0 Å². The molecule has 1 aromatic rings. The molecule has 5 nitrogen and oxygen atoms in total. The fourth-order valence-electron chi connectivity index (χ4n) is 1.87. The van der Waals surface area contributed by atoms with Crippen molar-refractivity contribution in [2.24, 2.45) is 11.8 Å². The fourth-order valence-corrected chi connectivity index (χ4v) is 2.30. The highest BCUT2D eigenvalue weighted by molar-refractivity contribution is 9.10. The van der Waals surface area contributed by atoms with Gasteiger partial charge in [-0.3, -0.25) is 9.59 Å². The number of halogens is 1. The van der Waals surface area contributed by atoms with Crippen molar-refractivity contribution >= 4 is 33.5 Å². The van der Waals surface area contributed by atoms with Crippen LogP contribution in [0.4, 0.5) is 5.69 Å². The van der Waals surface area contributed by atoms with E-state index in [1.807, 2.05) is 13.8 Å². The van der Waals surface area contributed by atoms with Crippen molar-refractivity contribution in [1.82, 2.24) is 5.32 Å². The SMILES string of the molecule is CC(C)CC(CNC(=O)c1cc(N)ccc1Br)C(=O)O. The highest BCUT2D eigenvalue weighted by Crippen LogP contribution is 2.19. The molecule has 0 bridgehead atoms. The predicted octanol–water partition coefficient (Wildman–Crippen LogP) is 2.51. The van der Waals surface area contributed by atoms with Gasteiger partial charge in [0.1, 0.15) is 0 Å². The molecule has 0 aliphatic carbocycles. The number of carbonyl (C=O) groups excluding carboxylic acids is 1. The minimum atomic E-state index is -0.898. The van der Waals surface area contributed by atoms with Gasteiger partial charge in [0.25, 0.3) is 5.91 Å². The number of benzene rings is 1. The highest BCUT2D eigenvalue weighted by atomic mass is 79.9. The molecule has 0 aliphatic rings. The Morgan fingerprint density at radius 1 is 1.40 bits per heavy atom. The third-order valence-corrected chi connectivity index (χ3v) is 3.54. The molecule has 0 aromatic heterocycles. The van der Waals surface area contributed by atoms with Crippen LogP contribution < -0.4 is 11.1 Å². The van der Waals surface area contributed by atoms with Crippen LogP contribution in [-0.4, -0.2) is 23.5 Å². The number of carboxylic acids is 1. The number of amides is 1. The van der Waals surface area contributed by atoms with Gasteiger partial charge in [0.15, 0.2) is 0 Å². The Balaban J connectivity index is 2.70. The van der Waals surface area contributed by atoms with Gasteiger partial charge in [-0.25, -0.2) is 0 Å². The van der Waals surface area contributed by atoms with Gasteiger partial charge < -0.3 is 16.2 Å². The zero-order valence-electron chi connectivity index (χ0n) is 11.5. The summed E-state index contributed by atoms with van der Waals surface area (Å²) in [6.45, 7) is 4.01. The quantitative estimate of drug-likeness (QED) is 0.692. The minimum absolute atomic E-state index is 0.105. The minimum Gasteiger partial charge on any atom is -0.481 e. The molecule has 6 heteroatoms. The van der Waals surface area contributed by atoms with Crippen molar-refractivity contribution < 1.29 is 14.7 Å². The van der Waals surface area contributed by atoms with E-state index in [0.29, 0.717) is 22.1 Å². The Morgan fingerprint density at radius 3 is 2.60 bits per heavy atom. The number of hydrogen-bond donors (Lipinski definition) is 3. The topological polar surface area (TPSA) is 92.4 Å². The summed E-state index contributed by atoms with van der Waals surface area (Å²) in [7, 11) is 0. The normalized spacial score (nSPS) is 12.2. The van der Waals surface area contributed by atoms with E-state index in [-0.39, 0.29) is 18.4 Å². The summed E-state index contributed by atoms with van der Waals surface area (Å²) in [5, 5.41) is 11.8. The average molecular weight is 343 g/mol. The van der Waals surface area contributed by atoms with Crippen LogP contribution in [0.5, 0.6) is 0 Å². The largest absolute Gasteiger partial charge is 0.481 e. The second-order valence-corrected chi connectivity index (χ2v) is 5.97. The first-order chi connectivity index (χ1) is 9.31. The lowest BCUT2D eigenvalue weighted by molar-refractivity contribution is -0.142. The maximum absolute atomic E-state index is 12.0. The number of anilines is 1. The number of nitrogens with one attached hydrogen (secondary N) is 1. The Morgan fingerprint density at radius 2 is 2.05 bits per heavy atom. The molecule has 1 aromatic carbocycles. The van der Waals surface area contributed by atoms with E-state index >= 15 is 0 Å². The van der Waals surface area contributed by atoms with E-state index < -0.39 is 11.9 Å². The summed E-state index contributed by atoms with van der Waals surface area (Å²) >= 11 is 3.27. The molecular formula is C14H19BrN2O3. The number of hydrogen-bond acceptors (Lipinski definition) is 3. The average Bonchev–Trinajstić information content (AvgIpc) is 2.36. The van der Waals surface area contributed by atoms with E-state index in [1.54, 1.807) is 18.2 Å². The maximum Gasteiger partial charge on any atom is 0.308 e. The van der Waals surface area contributed by atoms with Gasteiger partial charge in [-0.2, -0.15) is 0 Å². The molecule has 1 unspecified atom stereocenters. The van der Waals surface area contributed by atoms with E-state index in [1.165, 1.54) is 0 Å². The van der Waals surface area contributed by atoms with Crippen molar-refractivity contribution in [3.05, 3.63) is 28.2 Å². The van der Waals surface area contributed by atoms with E-state index in [2.05, 4.69) is 21.2 Å². The van der Waals surface area contributed by atoms with Gasteiger partial charge in [-0.15, -0.1) is 0 Å². The van der Waals surface area contributed by atoms with Crippen LogP contribution in [0, 0.1) is 11.8 Å². The third kappa shape index (κ3) is 4.85. The molecule has 0 aliphatic heterocycles. The first-order valence-corrected chi connectivity index (χ1v) is 7.16. The Bertz CT molecular complexity index is 503. The number of aliphatic carboxylic acids is 1. The van der Waals surface area contributed by atoms with Crippen LogP contribution >= 0.6 is 15.9 Å². The second-order valence-electron chi connectivity index (χ2n) is 5.11. The number of carboxylic acid groups (broad SMARTS) is 1. The smallest absolute Gasteiger partial charge is 0.308 e. The molecule has 0 saturated carbocycles.